The third kappa shape index (κ3) is 2.90. The molecule has 1 amide bonds. The van der Waals surface area contributed by atoms with E-state index in [4.69, 9.17) is 22.1 Å². The number of carbonyl (C=O) groups is 1. The average molecular weight is 257 g/mol. The van der Waals surface area contributed by atoms with Gasteiger partial charge in [0.15, 0.2) is 0 Å². The van der Waals surface area contributed by atoms with Gasteiger partial charge >= 0.3 is 0 Å². The van der Waals surface area contributed by atoms with E-state index in [-0.39, 0.29) is 5.91 Å². The van der Waals surface area contributed by atoms with Gasteiger partial charge in [-0.3, -0.25) is 4.79 Å². The summed E-state index contributed by atoms with van der Waals surface area (Å²) in [6, 6.07) is 2.76. The number of benzene rings is 1. The molecule has 1 unspecified atom stereocenters. The first kappa shape index (κ1) is 13.8. The lowest BCUT2D eigenvalue weighted by Crippen LogP contribution is -2.33. The van der Waals surface area contributed by atoms with Gasteiger partial charge in [-0.05, 0) is 30.2 Å². The lowest BCUT2D eigenvalue weighted by atomic mass is 10.0. The molecule has 1 atom stereocenters. The van der Waals surface area contributed by atoms with Gasteiger partial charge < -0.3 is 15.4 Å². The number of halogens is 1. The van der Waals surface area contributed by atoms with Crippen LogP contribution in [0.2, 0.25) is 5.02 Å². The van der Waals surface area contributed by atoms with Gasteiger partial charge in [-0.15, -0.1) is 0 Å². The molecule has 94 valence electrons. The fourth-order valence-corrected chi connectivity index (χ4v) is 1.82. The van der Waals surface area contributed by atoms with Gasteiger partial charge in [-0.2, -0.15) is 0 Å². The van der Waals surface area contributed by atoms with Crippen LogP contribution in [0.25, 0.3) is 0 Å². The summed E-state index contributed by atoms with van der Waals surface area (Å²) in [5, 5.41) is 0.454. The molecule has 1 aromatic rings. The molecule has 0 saturated heterocycles. The summed E-state index contributed by atoms with van der Waals surface area (Å²) in [6.45, 7) is 1.87. The van der Waals surface area contributed by atoms with E-state index >= 15 is 0 Å². The van der Waals surface area contributed by atoms with Crippen LogP contribution in [-0.2, 0) is 4.79 Å². The van der Waals surface area contributed by atoms with Gasteiger partial charge in [0.1, 0.15) is 11.8 Å². The Morgan fingerprint density at radius 1 is 1.47 bits per heavy atom. The van der Waals surface area contributed by atoms with E-state index in [1.807, 2.05) is 6.92 Å². The summed E-state index contributed by atoms with van der Waals surface area (Å²) in [6.07, 6.45) is 0. The Morgan fingerprint density at radius 3 is 2.53 bits per heavy atom. The van der Waals surface area contributed by atoms with E-state index in [0.717, 1.165) is 11.1 Å². The normalized spacial score (nSPS) is 12.1. The molecule has 4 nitrogen and oxygen atoms in total. The number of ether oxygens (including phenoxy) is 1. The maximum Gasteiger partial charge on any atom is 0.243 e. The van der Waals surface area contributed by atoms with Crippen molar-refractivity contribution in [3.8, 4) is 5.75 Å². The van der Waals surface area contributed by atoms with Crippen molar-refractivity contribution in [3.05, 3.63) is 28.3 Å². The molecule has 1 aromatic carbocycles. The van der Waals surface area contributed by atoms with Crippen LogP contribution in [0, 0.1) is 6.92 Å². The highest BCUT2D eigenvalue weighted by Gasteiger charge is 2.20. The highest BCUT2D eigenvalue weighted by atomic mass is 35.5. The van der Waals surface area contributed by atoms with Gasteiger partial charge in [-0.25, -0.2) is 0 Å². The molecule has 0 bridgehead atoms. The molecule has 0 aliphatic rings. The van der Waals surface area contributed by atoms with Crippen LogP contribution in [0.15, 0.2) is 12.1 Å². The Kier molecular flexibility index (Phi) is 4.37. The van der Waals surface area contributed by atoms with Crippen LogP contribution in [0.1, 0.15) is 17.2 Å². The molecule has 5 heteroatoms. The number of nitrogens with zero attached hydrogens (tertiary/aromatic N) is 1. The van der Waals surface area contributed by atoms with Gasteiger partial charge in [0.2, 0.25) is 5.91 Å². The van der Waals surface area contributed by atoms with Crippen LogP contribution < -0.4 is 10.5 Å². The molecular weight excluding hydrogens is 240 g/mol. The molecule has 0 aromatic heterocycles. The number of carbonyl (C=O) groups excluding carboxylic acids is 1. The number of amides is 1. The predicted molar refractivity (Wildman–Crippen MR) is 68.4 cm³/mol. The topological polar surface area (TPSA) is 55.6 Å². The predicted octanol–water partition coefficient (Wildman–Crippen LogP) is 1.75. The Morgan fingerprint density at radius 2 is 2.06 bits per heavy atom. The molecule has 17 heavy (non-hydrogen) atoms. The highest BCUT2D eigenvalue weighted by molar-refractivity contribution is 6.32. The van der Waals surface area contributed by atoms with Gasteiger partial charge in [0, 0.05) is 14.1 Å². The Balaban J connectivity index is 3.15. The summed E-state index contributed by atoms with van der Waals surface area (Å²) in [5.74, 6) is 0.423. The number of hydrogen-bond acceptors (Lipinski definition) is 3. The van der Waals surface area contributed by atoms with Crippen molar-refractivity contribution in [2.24, 2.45) is 5.73 Å². The minimum atomic E-state index is -0.701. The van der Waals surface area contributed by atoms with Gasteiger partial charge in [-0.1, -0.05) is 11.6 Å². The summed E-state index contributed by atoms with van der Waals surface area (Å²) >= 11 is 6.02. The SMILES string of the molecule is COc1cc(C)c(C(N)C(=O)N(C)C)cc1Cl. The summed E-state index contributed by atoms with van der Waals surface area (Å²) in [7, 11) is 4.89. The number of hydrogen-bond donors (Lipinski definition) is 1. The Hall–Kier alpha value is -1.26. The zero-order valence-corrected chi connectivity index (χ0v) is 11.2. The minimum Gasteiger partial charge on any atom is -0.495 e. The van der Waals surface area contributed by atoms with Crippen LogP contribution in [0.4, 0.5) is 0 Å². The summed E-state index contributed by atoms with van der Waals surface area (Å²) < 4.78 is 5.10. The Labute approximate surface area is 106 Å². The number of nitrogens with two attached hydrogens (primary N) is 1. The van der Waals surface area contributed by atoms with Crippen molar-refractivity contribution < 1.29 is 9.53 Å². The van der Waals surface area contributed by atoms with E-state index in [9.17, 15) is 4.79 Å². The third-order valence-electron chi connectivity index (χ3n) is 2.58. The first-order chi connectivity index (χ1) is 7.88. The largest absolute Gasteiger partial charge is 0.495 e. The quantitative estimate of drug-likeness (QED) is 0.896. The number of likely N-dealkylation sites (N-methyl/N-ethyl adjacent to an activating group) is 1. The second-order valence-electron chi connectivity index (χ2n) is 4.05. The molecule has 2 N–H and O–H groups in total. The molecular formula is C12H17ClN2O2. The molecule has 0 heterocycles. The smallest absolute Gasteiger partial charge is 0.243 e. The summed E-state index contributed by atoms with van der Waals surface area (Å²) in [5.41, 5.74) is 7.51. The second kappa shape index (κ2) is 5.38. The molecule has 0 saturated carbocycles. The van der Waals surface area contributed by atoms with Crippen molar-refractivity contribution in [2.45, 2.75) is 13.0 Å². The molecule has 0 aliphatic carbocycles. The van der Waals surface area contributed by atoms with Crippen molar-refractivity contribution in [1.82, 2.24) is 4.90 Å². The zero-order valence-electron chi connectivity index (χ0n) is 10.5. The van der Waals surface area contributed by atoms with Crippen LogP contribution in [-0.4, -0.2) is 32.0 Å². The molecule has 0 fully saturated rings. The first-order valence-corrected chi connectivity index (χ1v) is 5.57. The van der Waals surface area contributed by atoms with Crippen molar-refractivity contribution in [1.29, 1.82) is 0 Å². The molecule has 0 aliphatic heterocycles. The monoisotopic (exact) mass is 256 g/mol. The van der Waals surface area contributed by atoms with E-state index in [1.54, 1.807) is 33.3 Å². The number of methoxy groups -OCH3 is 1. The standard InChI is InChI=1S/C12H17ClN2O2/c1-7-5-10(17-4)9(13)6-8(7)11(14)12(16)15(2)3/h5-6,11H,14H2,1-4H3. The fourth-order valence-electron chi connectivity index (χ4n) is 1.57. The minimum absolute atomic E-state index is 0.158. The lowest BCUT2D eigenvalue weighted by molar-refractivity contribution is -0.130. The average Bonchev–Trinajstić information content (AvgIpc) is 2.29. The Bertz CT molecular complexity index is 433. The van der Waals surface area contributed by atoms with E-state index in [2.05, 4.69) is 0 Å². The molecule has 0 radical (unpaired) electrons. The summed E-state index contributed by atoms with van der Waals surface area (Å²) in [4.78, 5) is 13.2. The molecule has 0 spiro atoms. The lowest BCUT2D eigenvalue weighted by Gasteiger charge is -2.19. The van der Waals surface area contributed by atoms with Gasteiger partial charge in [0.25, 0.3) is 0 Å². The van der Waals surface area contributed by atoms with Gasteiger partial charge in [0.05, 0.1) is 12.1 Å². The number of rotatable bonds is 3. The second-order valence-corrected chi connectivity index (χ2v) is 4.46. The number of aryl methyl sites for hydroxylation is 1. The van der Waals surface area contributed by atoms with Crippen molar-refractivity contribution in [2.75, 3.05) is 21.2 Å². The van der Waals surface area contributed by atoms with Crippen molar-refractivity contribution in [3.63, 3.8) is 0 Å². The maximum absolute atomic E-state index is 11.8. The zero-order chi connectivity index (χ0) is 13.2. The third-order valence-corrected chi connectivity index (χ3v) is 2.88. The van der Waals surface area contributed by atoms with E-state index < -0.39 is 6.04 Å². The fraction of sp³-hybridized carbons (Fsp3) is 0.417. The van der Waals surface area contributed by atoms with E-state index in [1.165, 1.54) is 4.90 Å². The van der Waals surface area contributed by atoms with Crippen LogP contribution >= 0.6 is 11.6 Å². The maximum atomic E-state index is 11.8. The first-order valence-electron chi connectivity index (χ1n) is 5.19. The van der Waals surface area contributed by atoms with Crippen molar-refractivity contribution >= 4 is 17.5 Å². The van der Waals surface area contributed by atoms with Crippen LogP contribution in [0.3, 0.4) is 0 Å². The van der Waals surface area contributed by atoms with Crippen LogP contribution in [0.5, 0.6) is 5.75 Å². The molecule has 1 rings (SSSR count). The highest BCUT2D eigenvalue weighted by Crippen LogP contribution is 2.30. The van der Waals surface area contributed by atoms with E-state index in [0.29, 0.717) is 10.8 Å².